The Morgan fingerprint density at radius 1 is 1.38 bits per heavy atom. The minimum atomic E-state index is 0.201. The van der Waals surface area contributed by atoms with Gasteiger partial charge in [0, 0.05) is 25.7 Å². The molecular formula is C14H17N5O2. The summed E-state index contributed by atoms with van der Waals surface area (Å²) in [5.41, 5.74) is 0.692. The number of nitrogens with zero attached hydrogens (tertiary/aromatic N) is 4. The fourth-order valence-electron chi connectivity index (χ4n) is 2.02. The van der Waals surface area contributed by atoms with Gasteiger partial charge in [-0.3, -0.25) is 4.68 Å². The van der Waals surface area contributed by atoms with Crippen molar-refractivity contribution in [2.24, 2.45) is 7.05 Å². The number of hydrogen-bond donors (Lipinski definition) is 1. The van der Waals surface area contributed by atoms with Crippen LogP contribution >= 0.6 is 0 Å². The molecule has 0 aliphatic carbocycles. The maximum Gasteiger partial charge on any atom is 0.322 e. The molecule has 110 valence electrons. The van der Waals surface area contributed by atoms with E-state index in [-0.39, 0.29) is 6.04 Å². The third-order valence-corrected chi connectivity index (χ3v) is 3.14. The summed E-state index contributed by atoms with van der Waals surface area (Å²) in [6.45, 7) is 2.06. The van der Waals surface area contributed by atoms with Gasteiger partial charge in [0.25, 0.3) is 0 Å². The zero-order chi connectivity index (χ0) is 14.7. The first-order chi connectivity index (χ1) is 10.2. The van der Waals surface area contributed by atoms with Crippen LogP contribution in [-0.2, 0) is 13.5 Å². The lowest BCUT2D eigenvalue weighted by atomic mass is 10.1. The van der Waals surface area contributed by atoms with Gasteiger partial charge in [-0.25, -0.2) is 0 Å². The van der Waals surface area contributed by atoms with Gasteiger partial charge in [-0.15, -0.1) is 0 Å². The van der Waals surface area contributed by atoms with Gasteiger partial charge in [0.2, 0.25) is 5.82 Å². The zero-order valence-corrected chi connectivity index (χ0v) is 12.0. The van der Waals surface area contributed by atoms with Gasteiger partial charge in [-0.05, 0) is 31.5 Å². The van der Waals surface area contributed by atoms with E-state index in [0.29, 0.717) is 17.5 Å². The minimum Gasteiger partial charge on any atom is -0.469 e. The lowest BCUT2D eigenvalue weighted by molar-refractivity contribution is 0.425. The first kappa shape index (κ1) is 13.4. The van der Waals surface area contributed by atoms with Crippen LogP contribution in [0.3, 0.4) is 0 Å². The van der Waals surface area contributed by atoms with Gasteiger partial charge in [-0.1, -0.05) is 5.16 Å². The molecule has 7 heteroatoms. The smallest absolute Gasteiger partial charge is 0.322 e. The van der Waals surface area contributed by atoms with E-state index < -0.39 is 0 Å². The molecule has 1 atom stereocenters. The van der Waals surface area contributed by atoms with Crippen LogP contribution in [0.15, 0.2) is 39.6 Å². The van der Waals surface area contributed by atoms with Crippen LogP contribution in [0.25, 0.3) is 11.5 Å². The van der Waals surface area contributed by atoms with Crippen molar-refractivity contribution in [1.29, 1.82) is 0 Å². The van der Waals surface area contributed by atoms with Crippen LogP contribution in [-0.4, -0.2) is 26.0 Å². The highest BCUT2D eigenvalue weighted by Crippen LogP contribution is 2.16. The summed E-state index contributed by atoms with van der Waals surface area (Å²) in [5.74, 6) is 1.46. The molecule has 0 radical (unpaired) electrons. The normalized spacial score (nSPS) is 12.5. The second-order valence-corrected chi connectivity index (χ2v) is 4.96. The highest BCUT2D eigenvalue weighted by atomic mass is 16.5. The van der Waals surface area contributed by atoms with Gasteiger partial charge < -0.3 is 14.3 Å². The summed E-state index contributed by atoms with van der Waals surface area (Å²) >= 11 is 0. The second-order valence-electron chi connectivity index (χ2n) is 4.96. The Hall–Kier alpha value is -2.57. The van der Waals surface area contributed by atoms with Crippen LogP contribution in [0.2, 0.25) is 0 Å². The highest BCUT2D eigenvalue weighted by Gasteiger charge is 2.13. The first-order valence-electron chi connectivity index (χ1n) is 6.83. The average molecular weight is 287 g/mol. The molecule has 0 bridgehead atoms. The maximum atomic E-state index is 5.31. The van der Waals surface area contributed by atoms with Gasteiger partial charge >= 0.3 is 6.01 Å². The Morgan fingerprint density at radius 2 is 2.29 bits per heavy atom. The summed E-state index contributed by atoms with van der Waals surface area (Å²) in [7, 11) is 1.85. The summed E-state index contributed by atoms with van der Waals surface area (Å²) in [6.07, 6.45) is 5.30. The fraction of sp³-hybridized carbons (Fsp3) is 0.357. The number of aromatic nitrogens is 4. The molecule has 3 rings (SSSR count). The molecule has 3 aromatic heterocycles. The van der Waals surface area contributed by atoms with Crippen molar-refractivity contribution in [3.63, 3.8) is 0 Å². The van der Waals surface area contributed by atoms with Crippen LogP contribution in [0, 0.1) is 0 Å². The van der Waals surface area contributed by atoms with E-state index in [1.807, 2.05) is 31.4 Å². The topological polar surface area (TPSA) is 81.9 Å². The first-order valence-corrected chi connectivity index (χ1v) is 6.83. The number of anilines is 1. The molecule has 0 amide bonds. The number of aryl methyl sites for hydroxylation is 2. The fourth-order valence-corrected chi connectivity index (χ4v) is 2.02. The van der Waals surface area contributed by atoms with Crippen molar-refractivity contribution in [2.75, 3.05) is 5.32 Å². The van der Waals surface area contributed by atoms with Gasteiger partial charge in [0.15, 0.2) is 0 Å². The lowest BCUT2D eigenvalue weighted by Crippen LogP contribution is -2.16. The quantitative estimate of drug-likeness (QED) is 0.750. The van der Waals surface area contributed by atoms with Crippen LogP contribution in [0.1, 0.15) is 19.1 Å². The van der Waals surface area contributed by atoms with E-state index in [0.717, 1.165) is 18.6 Å². The van der Waals surface area contributed by atoms with Gasteiger partial charge in [0.05, 0.1) is 6.26 Å². The molecule has 7 nitrogen and oxygen atoms in total. The Morgan fingerprint density at radius 3 is 3.00 bits per heavy atom. The van der Waals surface area contributed by atoms with Crippen LogP contribution < -0.4 is 5.32 Å². The molecular weight excluding hydrogens is 270 g/mol. The number of hydrogen-bond acceptors (Lipinski definition) is 6. The van der Waals surface area contributed by atoms with E-state index in [1.54, 1.807) is 10.9 Å². The van der Waals surface area contributed by atoms with Gasteiger partial charge in [0.1, 0.15) is 11.5 Å². The van der Waals surface area contributed by atoms with Crippen LogP contribution in [0.5, 0.6) is 0 Å². The second kappa shape index (κ2) is 5.82. The van der Waals surface area contributed by atoms with Crippen molar-refractivity contribution >= 4 is 6.01 Å². The summed E-state index contributed by atoms with van der Waals surface area (Å²) in [5, 5.41) is 11.3. The molecule has 0 saturated heterocycles. The van der Waals surface area contributed by atoms with Crippen molar-refractivity contribution in [3.05, 3.63) is 36.4 Å². The number of furan rings is 1. The Labute approximate surface area is 122 Å². The standard InChI is InChI=1S/C14H17N5O2/c1-10(5-6-11-4-3-9-20-11)15-14-16-13(18-21-14)12-7-8-19(2)17-12/h3-4,7-10H,5-6H2,1-2H3,(H,15,16,18). The maximum absolute atomic E-state index is 5.31. The van der Waals surface area contributed by atoms with Crippen molar-refractivity contribution in [2.45, 2.75) is 25.8 Å². The van der Waals surface area contributed by atoms with Crippen LogP contribution in [0.4, 0.5) is 6.01 Å². The van der Waals surface area contributed by atoms with E-state index >= 15 is 0 Å². The monoisotopic (exact) mass is 287 g/mol. The van der Waals surface area contributed by atoms with Gasteiger partial charge in [-0.2, -0.15) is 10.1 Å². The van der Waals surface area contributed by atoms with E-state index in [2.05, 4.69) is 27.5 Å². The largest absolute Gasteiger partial charge is 0.469 e. The van der Waals surface area contributed by atoms with Crippen molar-refractivity contribution in [1.82, 2.24) is 19.9 Å². The van der Waals surface area contributed by atoms with E-state index in [1.165, 1.54) is 0 Å². The molecule has 0 saturated carbocycles. The molecule has 3 aromatic rings. The summed E-state index contributed by atoms with van der Waals surface area (Å²) in [4.78, 5) is 4.29. The summed E-state index contributed by atoms with van der Waals surface area (Å²) in [6, 6.07) is 6.31. The third-order valence-electron chi connectivity index (χ3n) is 3.14. The van der Waals surface area contributed by atoms with Crippen molar-refractivity contribution in [3.8, 4) is 11.5 Å². The predicted molar refractivity (Wildman–Crippen MR) is 76.6 cm³/mol. The Kier molecular flexibility index (Phi) is 3.72. The SMILES string of the molecule is CC(CCc1ccco1)Nc1nc(-c2ccn(C)n2)no1. The van der Waals surface area contributed by atoms with Crippen molar-refractivity contribution < 1.29 is 8.94 Å². The summed E-state index contributed by atoms with van der Waals surface area (Å²) < 4.78 is 12.2. The number of rotatable bonds is 6. The highest BCUT2D eigenvalue weighted by molar-refractivity contribution is 5.48. The Balaban J connectivity index is 1.56. The molecule has 1 unspecified atom stereocenters. The molecule has 0 aliphatic heterocycles. The molecule has 3 heterocycles. The number of nitrogens with one attached hydrogen (secondary N) is 1. The molecule has 0 aromatic carbocycles. The third kappa shape index (κ3) is 3.31. The zero-order valence-electron chi connectivity index (χ0n) is 12.0. The lowest BCUT2D eigenvalue weighted by Gasteiger charge is -2.09. The molecule has 0 spiro atoms. The molecule has 0 aliphatic rings. The molecule has 1 N–H and O–H groups in total. The predicted octanol–water partition coefficient (Wildman–Crippen LogP) is 2.50. The molecule has 21 heavy (non-hydrogen) atoms. The molecule has 0 fully saturated rings. The minimum absolute atomic E-state index is 0.201. The average Bonchev–Trinajstić information content (AvgIpc) is 3.17. The van der Waals surface area contributed by atoms with E-state index in [9.17, 15) is 0 Å². The Bertz CT molecular complexity index is 686. The van der Waals surface area contributed by atoms with E-state index in [4.69, 9.17) is 8.94 Å².